The van der Waals surface area contributed by atoms with Crippen molar-refractivity contribution in [2.24, 2.45) is 16.8 Å². The molecule has 2 fully saturated rings. The first kappa shape index (κ1) is 21.9. The predicted molar refractivity (Wildman–Crippen MR) is 117 cm³/mol. The highest BCUT2D eigenvalue weighted by Crippen LogP contribution is 2.29. The summed E-state index contributed by atoms with van der Waals surface area (Å²) < 4.78 is 13.5. The molecule has 2 aliphatic rings. The van der Waals surface area contributed by atoms with Gasteiger partial charge in [0.2, 0.25) is 5.91 Å². The van der Waals surface area contributed by atoms with Gasteiger partial charge in [-0.15, -0.1) is 0 Å². The van der Waals surface area contributed by atoms with Gasteiger partial charge in [-0.2, -0.15) is 0 Å². The number of rotatable bonds is 6. The van der Waals surface area contributed by atoms with E-state index in [9.17, 15) is 9.18 Å². The summed E-state index contributed by atoms with van der Waals surface area (Å²) in [4.78, 5) is 18.4. The number of benzene rings is 1. The monoisotopic (exact) mass is 401 g/mol. The number of amides is 1. The van der Waals surface area contributed by atoms with Crippen molar-refractivity contribution in [2.45, 2.75) is 64.8 Å². The minimum absolute atomic E-state index is 0.0992. The lowest BCUT2D eigenvalue weighted by Gasteiger charge is -2.35. The van der Waals surface area contributed by atoms with Gasteiger partial charge in [-0.25, -0.2) is 4.39 Å². The number of carbonyl (C=O) groups is 1. The number of piperidine rings is 1. The van der Waals surface area contributed by atoms with Gasteiger partial charge in [-0.3, -0.25) is 9.79 Å². The van der Waals surface area contributed by atoms with E-state index in [2.05, 4.69) is 15.2 Å². The summed E-state index contributed by atoms with van der Waals surface area (Å²) in [5, 5.41) is 3.07. The molecule has 1 aliphatic heterocycles. The van der Waals surface area contributed by atoms with Gasteiger partial charge in [0, 0.05) is 31.6 Å². The molecule has 1 N–H and O–H groups in total. The van der Waals surface area contributed by atoms with E-state index in [0.717, 1.165) is 61.5 Å². The second-order valence-electron chi connectivity index (χ2n) is 8.89. The Hall–Kier alpha value is -1.75. The summed E-state index contributed by atoms with van der Waals surface area (Å²) in [7, 11) is 1.86. The minimum Gasteiger partial charge on any atom is -0.354 e. The molecule has 0 aromatic heterocycles. The van der Waals surface area contributed by atoms with E-state index >= 15 is 0 Å². The Morgan fingerprint density at radius 3 is 2.45 bits per heavy atom. The molecule has 5 heteroatoms. The first-order valence-corrected chi connectivity index (χ1v) is 11.2. The van der Waals surface area contributed by atoms with Crippen LogP contribution in [0, 0.1) is 24.6 Å². The zero-order chi connectivity index (χ0) is 20.8. The van der Waals surface area contributed by atoms with Crippen LogP contribution in [0.1, 0.15) is 63.0 Å². The molecule has 1 aromatic carbocycles. The Bertz CT molecular complexity index is 717. The van der Waals surface area contributed by atoms with Crippen molar-refractivity contribution < 1.29 is 9.18 Å². The molecule has 1 aliphatic carbocycles. The van der Waals surface area contributed by atoms with Crippen LogP contribution in [0.4, 0.5) is 4.39 Å². The highest BCUT2D eigenvalue weighted by Gasteiger charge is 2.26. The lowest BCUT2D eigenvalue weighted by atomic mass is 9.83. The van der Waals surface area contributed by atoms with Crippen LogP contribution < -0.4 is 5.32 Å². The second-order valence-corrected chi connectivity index (χ2v) is 8.89. The number of aliphatic imine (C=N–C) groups is 1. The number of aryl methyl sites for hydroxylation is 1. The van der Waals surface area contributed by atoms with Crippen LogP contribution in [0.5, 0.6) is 0 Å². The highest BCUT2D eigenvalue weighted by atomic mass is 19.1. The van der Waals surface area contributed by atoms with E-state index in [1.165, 1.54) is 25.8 Å². The van der Waals surface area contributed by atoms with Crippen molar-refractivity contribution in [1.82, 2.24) is 10.2 Å². The van der Waals surface area contributed by atoms with Crippen LogP contribution >= 0.6 is 0 Å². The van der Waals surface area contributed by atoms with Gasteiger partial charge in [0.25, 0.3) is 0 Å². The van der Waals surface area contributed by atoms with Gasteiger partial charge in [-0.05, 0) is 107 Å². The van der Waals surface area contributed by atoms with Gasteiger partial charge in [0.05, 0.1) is 0 Å². The molecule has 0 bridgehead atoms. The SMILES string of the molecule is C/N=C(\c1ccc(F)cc1C)C1CCN(CC[C@H]2CC[C@H](NC(C)=O)CC2)CC1. The summed E-state index contributed by atoms with van der Waals surface area (Å²) in [5.41, 5.74) is 3.21. The highest BCUT2D eigenvalue weighted by molar-refractivity contribution is 6.03. The zero-order valence-corrected chi connectivity index (χ0v) is 18.2. The molecule has 4 nitrogen and oxygen atoms in total. The zero-order valence-electron chi connectivity index (χ0n) is 18.2. The van der Waals surface area contributed by atoms with Crippen molar-refractivity contribution in [3.63, 3.8) is 0 Å². The van der Waals surface area contributed by atoms with Gasteiger partial charge in [0.1, 0.15) is 5.82 Å². The molecule has 1 aromatic rings. The average Bonchev–Trinajstić information content (AvgIpc) is 2.70. The minimum atomic E-state index is -0.178. The van der Waals surface area contributed by atoms with Gasteiger partial charge in [-0.1, -0.05) is 0 Å². The summed E-state index contributed by atoms with van der Waals surface area (Å²) in [6.07, 6.45) is 8.23. The first-order valence-electron chi connectivity index (χ1n) is 11.2. The maximum atomic E-state index is 13.5. The molecule has 0 atom stereocenters. The van der Waals surface area contributed by atoms with Crippen LogP contribution in [0.2, 0.25) is 0 Å². The third-order valence-corrected chi connectivity index (χ3v) is 6.79. The first-order chi connectivity index (χ1) is 14.0. The molecular formula is C24H36FN3O. The Labute approximate surface area is 175 Å². The summed E-state index contributed by atoms with van der Waals surface area (Å²) in [6.45, 7) is 6.99. The number of nitrogens with zero attached hydrogens (tertiary/aromatic N) is 2. The summed E-state index contributed by atoms with van der Waals surface area (Å²) >= 11 is 0. The number of nitrogens with one attached hydrogen (secondary N) is 1. The molecule has 1 saturated heterocycles. The fraction of sp³-hybridized carbons (Fsp3) is 0.667. The molecule has 0 unspecified atom stereocenters. The number of hydrogen-bond acceptors (Lipinski definition) is 3. The number of halogens is 1. The van der Waals surface area contributed by atoms with Gasteiger partial charge in [0.15, 0.2) is 0 Å². The van der Waals surface area contributed by atoms with Crippen molar-refractivity contribution in [1.29, 1.82) is 0 Å². The maximum Gasteiger partial charge on any atom is 0.217 e. The summed E-state index contributed by atoms with van der Waals surface area (Å²) in [5.74, 6) is 1.19. The molecule has 1 amide bonds. The average molecular weight is 402 g/mol. The van der Waals surface area contributed by atoms with Crippen LogP contribution in [0.25, 0.3) is 0 Å². The Balaban J connectivity index is 1.43. The molecule has 0 radical (unpaired) electrons. The molecule has 0 spiro atoms. The van der Waals surface area contributed by atoms with E-state index in [-0.39, 0.29) is 11.7 Å². The van der Waals surface area contributed by atoms with E-state index in [1.807, 2.05) is 20.0 Å². The fourth-order valence-electron chi connectivity index (χ4n) is 5.12. The van der Waals surface area contributed by atoms with Crippen LogP contribution in [-0.4, -0.2) is 49.2 Å². The third-order valence-electron chi connectivity index (χ3n) is 6.79. The topological polar surface area (TPSA) is 44.7 Å². The second kappa shape index (κ2) is 10.3. The largest absolute Gasteiger partial charge is 0.354 e. The van der Waals surface area contributed by atoms with Crippen molar-refractivity contribution in [3.05, 3.63) is 35.1 Å². The van der Waals surface area contributed by atoms with Crippen LogP contribution in [0.15, 0.2) is 23.2 Å². The lowest BCUT2D eigenvalue weighted by Crippen LogP contribution is -2.39. The Kier molecular flexibility index (Phi) is 7.82. The number of hydrogen-bond donors (Lipinski definition) is 1. The smallest absolute Gasteiger partial charge is 0.217 e. The van der Waals surface area contributed by atoms with E-state index in [1.54, 1.807) is 19.1 Å². The van der Waals surface area contributed by atoms with E-state index in [0.29, 0.717) is 12.0 Å². The Morgan fingerprint density at radius 1 is 1.17 bits per heavy atom. The van der Waals surface area contributed by atoms with E-state index in [4.69, 9.17) is 0 Å². The quantitative estimate of drug-likeness (QED) is 0.720. The lowest BCUT2D eigenvalue weighted by molar-refractivity contribution is -0.119. The maximum absolute atomic E-state index is 13.5. The third kappa shape index (κ3) is 6.11. The number of carbonyl (C=O) groups excluding carboxylic acids is 1. The fourth-order valence-corrected chi connectivity index (χ4v) is 5.12. The van der Waals surface area contributed by atoms with Crippen molar-refractivity contribution >= 4 is 11.6 Å². The standard InChI is InChI=1S/C24H36FN3O/c1-17-16-21(25)6-9-23(17)24(26-3)20-11-14-28(15-12-20)13-10-19-4-7-22(8-5-19)27-18(2)29/h6,9,16,19-20,22H,4-5,7-8,10-15H2,1-3H3,(H,27,29)/b26-24-/t19-,22-. The summed E-state index contributed by atoms with van der Waals surface area (Å²) in [6, 6.07) is 5.43. The van der Waals surface area contributed by atoms with E-state index < -0.39 is 0 Å². The normalized spacial score (nSPS) is 24.5. The van der Waals surface area contributed by atoms with Crippen LogP contribution in [0.3, 0.4) is 0 Å². The molecular weight excluding hydrogens is 365 g/mol. The van der Waals surface area contributed by atoms with Crippen molar-refractivity contribution in [3.8, 4) is 0 Å². The molecule has 160 valence electrons. The molecule has 1 saturated carbocycles. The Morgan fingerprint density at radius 2 is 1.86 bits per heavy atom. The van der Waals surface area contributed by atoms with Gasteiger partial charge >= 0.3 is 0 Å². The van der Waals surface area contributed by atoms with Crippen LogP contribution in [-0.2, 0) is 4.79 Å². The molecule has 1 heterocycles. The molecule has 3 rings (SSSR count). The van der Waals surface area contributed by atoms with Gasteiger partial charge < -0.3 is 10.2 Å². The predicted octanol–water partition coefficient (Wildman–Crippen LogP) is 4.35. The van der Waals surface area contributed by atoms with Crippen molar-refractivity contribution in [2.75, 3.05) is 26.7 Å². The molecule has 29 heavy (non-hydrogen) atoms. The number of likely N-dealkylation sites (tertiary alicyclic amines) is 1.